The van der Waals surface area contributed by atoms with E-state index >= 15 is 4.39 Å². The monoisotopic (exact) mass is 671 g/mol. The van der Waals surface area contributed by atoms with E-state index < -0.39 is 54.2 Å². The minimum absolute atomic E-state index is 0.00212. The third-order valence-electron chi connectivity index (χ3n) is 7.72. The highest BCUT2D eigenvalue weighted by Crippen LogP contribution is 2.39. The molecule has 14 heteroatoms. The van der Waals surface area contributed by atoms with Crippen LogP contribution in [0.5, 0.6) is 0 Å². The maximum atomic E-state index is 15.3. The van der Waals surface area contributed by atoms with Crippen molar-refractivity contribution in [2.45, 2.75) is 61.7 Å². The fourth-order valence-corrected chi connectivity index (χ4v) is 8.34. The summed E-state index contributed by atoms with van der Waals surface area (Å²) in [7, 11) is 0. The van der Waals surface area contributed by atoms with E-state index in [1.807, 2.05) is 47.8 Å². The van der Waals surface area contributed by atoms with Crippen LogP contribution in [-0.4, -0.2) is 66.4 Å². The number of nitrogens with zero attached hydrogens (tertiary/aromatic N) is 2. The van der Waals surface area contributed by atoms with Gasteiger partial charge in [0, 0.05) is 27.4 Å². The molecule has 2 aromatic carbocycles. The number of aliphatic hydroxyl groups excluding tert-OH is 2. The molecule has 3 N–H and O–H groups in total. The molecule has 0 spiro atoms. The molecule has 1 amide bonds. The Balaban J connectivity index is 1.11. The molecular weight excluding hydrogens is 637 g/mol. The van der Waals surface area contributed by atoms with Gasteiger partial charge in [-0.2, -0.15) is 4.98 Å². The summed E-state index contributed by atoms with van der Waals surface area (Å²) < 4.78 is 31.2. The smallest absolute Gasteiger partial charge is 0.444 e. The van der Waals surface area contributed by atoms with E-state index in [1.165, 1.54) is 11.6 Å². The van der Waals surface area contributed by atoms with Crippen LogP contribution < -0.4 is 11.0 Å². The van der Waals surface area contributed by atoms with Crippen molar-refractivity contribution >= 4 is 41.6 Å². The van der Waals surface area contributed by atoms with Crippen molar-refractivity contribution in [1.29, 1.82) is 0 Å². The molecule has 0 saturated carbocycles. The Labute approximate surface area is 273 Å². The van der Waals surface area contributed by atoms with Gasteiger partial charge in [0.15, 0.2) is 0 Å². The van der Waals surface area contributed by atoms with E-state index in [1.54, 1.807) is 30.3 Å². The highest BCUT2D eigenvalue weighted by molar-refractivity contribution is 8.19. The zero-order chi connectivity index (χ0) is 32.6. The molecule has 244 valence electrons. The summed E-state index contributed by atoms with van der Waals surface area (Å²) >= 11 is 4.01. The number of rotatable bonds is 11. The van der Waals surface area contributed by atoms with Gasteiger partial charge in [0.1, 0.15) is 49.7 Å². The van der Waals surface area contributed by atoms with Gasteiger partial charge in [0.2, 0.25) is 0 Å². The van der Waals surface area contributed by atoms with Crippen molar-refractivity contribution in [1.82, 2.24) is 9.55 Å². The van der Waals surface area contributed by atoms with Gasteiger partial charge in [-0.25, -0.2) is 18.8 Å². The van der Waals surface area contributed by atoms with Crippen LogP contribution in [0, 0.1) is 0 Å². The number of aromatic nitrogens is 2. The number of hydrogen-bond acceptors (Lipinski definition) is 11. The molecule has 5 atom stereocenters. The fraction of sp³-hybridized carbons (Fsp3) is 0.375. The summed E-state index contributed by atoms with van der Waals surface area (Å²) in [4.78, 5) is 40.8. The summed E-state index contributed by atoms with van der Waals surface area (Å²) in [6.45, 7) is 1.49. The number of carbonyl (C=O) groups is 2. The van der Waals surface area contributed by atoms with E-state index in [2.05, 4.69) is 17.2 Å². The topological polar surface area (TPSA) is 149 Å². The van der Waals surface area contributed by atoms with E-state index in [9.17, 15) is 24.6 Å². The number of aryl methyl sites for hydroxylation is 1. The van der Waals surface area contributed by atoms with Crippen molar-refractivity contribution in [3.63, 3.8) is 0 Å². The molecule has 1 aliphatic carbocycles. The minimum Gasteiger partial charge on any atom is -0.444 e. The van der Waals surface area contributed by atoms with Crippen LogP contribution in [0.4, 0.5) is 19.8 Å². The molecule has 2 heterocycles. The highest BCUT2D eigenvalue weighted by Gasteiger charge is 2.44. The number of hydrogen-bond donors (Lipinski definition) is 3. The van der Waals surface area contributed by atoms with Crippen molar-refractivity contribution in [2.75, 3.05) is 17.0 Å². The molecule has 46 heavy (non-hydrogen) atoms. The first-order valence-corrected chi connectivity index (χ1v) is 16.7. The van der Waals surface area contributed by atoms with Crippen LogP contribution in [0.1, 0.15) is 36.1 Å². The lowest BCUT2D eigenvalue weighted by atomic mass is 10.1. The average molecular weight is 672 g/mol. The van der Waals surface area contributed by atoms with Gasteiger partial charge in [-0.1, -0.05) is 61.5 Å². The number of carbonyl (C=O) groups excluding carboxylic acids is 2. The van der Waals surface area contributed by atoms with Crippen LogP contribution in [0.25, 0.3) is 0 Å². The van der Waals surface area contributed by atoms with Crippen LogP contribution in [0.3, 0.4) is 0 Å². The van der Waals surface area contributed by atoms with E-state index in [4.69, 9.17) is 14.2 Å². The summed E-state index contributed by atoms with van der Waals surface area (Å²) in [5.41, 5.74) is 1.30. The lowest BCUT2D eigenvalue weighted by Crippen LogP contribution is -2.36. The molecule has 3 aromatic rings. The maximum absolute atomic E-state index is 15.3. The second-order valence-corrected chi connectivity index (χ2v) is 13.8. The van der Waals surface area contributed by atoms with Gasteiger partial charge in [0.25, 0.3) is 0 Å². The first-order chi connectivity index (χ1) is 22.2. The van der Waals surface area contributed by atoms with E-state index in [0.29, 0.717) is 16.1 Å². The van der Waals surface area contributed by atoms with Crippen LogP contribution in [0.2, 0.25) is 0 Å². The lowest BCUT2D eigenvalue weighted by molar-refractivity contribution is 0.0181. The number of benzene rings is 2. The van der Waals surface area contributed by atoms with Crippen LogP contribution in [-0.2, 0) is 33.8 Å². The number of amides is 1. The Kier molecular flexibility index (Phi) is 11.4. The quantitative estimate of drug-likeness (QED) is 0.237. The number of thioether (sulfide) groups is 2. The minimum atomic E-state index is -1.77. The van der Waals surface area contributed by atoms with Gasteiger partial charge in [0.05, 0.1) is 0 Å². The standard InChI is InChI=1S/C32H34FN3O8S2/c1-19-24(46-18-45-19)12-11-20-7-9-22(10-8-20)15-42-31(40)35-25-13-14-36(30(39)34-25)27-26(33)23(28(37)29(27)38)17-44-32(41)43-16-21-5-3-2-4-6-21/h2-10,13-14,19,24,27-29,37-38H,11-12,15-18H2,1H3,(H,34,35,39,40)/t19-,24?,27-,28+,29-/m1/s1. The predicted octanol–water partition coefficient (Wildman–Crippen LogP) is 4.97. The van der Waals surface area contributed by atoms with Crippen molar-refractivity contribution in [2.24, 2.45) is 0 Å². The molecule has 0 radical (unpaired) electrons. The Hall–Kier alpha value is -3.85. The summed E-state index contributed by atoms with van der Waals surface area (Å²) in [5.74, 6) is -1.21. The van der Waals surface area contributed by atoms with Gasteiger partial charge in [-0.05, 0) is 35.6 Å². The molecule has 1 fully saturated rings. The largest absolute Gasteiger partial charge is 0.508 e. The molecule has 1 aliphatic heterocycles. The summed E-state index contributed by atoms with van der Waals surface area (Å²) in [5, 5.41) is 25.8. The average Bonchev–Trinajstić information content (AvgIpc) is 3.56. The third kappa shape index (κ3) is 8.49. The van der Waals surface area contributed by atoms with Gasteiger partial charge < -0.3 is 24.4 Å². The number of anilines is 1. The number of halogens is 1. The molecule has 5 rings (SSSR count). The highest BCUT2D eigenvalue weighted by atomic mass is 32.2. The van der Waals surface area contributed by atoms with Crippen LogP contribution >= 0.6 is 23.5 Å². The first-order valence-electron chi connectivity index (χ1n) is 14.6. The third-order valence-corrected chi connectivity index (χ3v) is 10.9. The normalized spacial score (nSPS) is 22.5. The van der Waals surface area contributed by atoms with Gasteiger partial charge in [-0.3, -0.25) is 9.88 Å². The predicted molar refractivity (Wildman–Crippen MR) is 172 cm³/mol. The second-order valence-electron chi connectivity index (χ2n) is 10.8. The van der Waals surface area contributed by atoms with Crippen molar-refractivity contribution in [3.05, 3.63) is 105 Å². The molecule has 1 aromatic heterocycles. The molecule has 0 bridgehead atoms. The van der Waals surface area contributed by atoms with Gasteiger partial charge >= 0.3 is 17.9 Å². The van der Waals surface area contributed by atoms with Crippen molar-refractivity contribution in [3.8, 4) is 0 Å². The molecule has 1 saturated heterocycles. The Morgan fingerprint density at radius 1 is 0.957 bits per heavy atom. The second kappa shape index (κ2) is 15.6. The molecule has 1 unspecified atom stereocenters. The van der Waals surface area contributed by atoms with E-state index in [-0.39, 0.29) is 19.0 Å². The number of nitrogens with one attached hydrogen (secondary N) is 1. The van der Waals surface area contributed by atoms with Gasteiger partial charge in [-0.15, -0.1) is 23.5 Å². The Morgan fingerprint density at radius 2 is 1.63 bits per heavy atom. The Morgan fingerprint density at radius 3 is 2.33 bits per heavy atom. The first kappa shape index (κ1) is 33.5. The number of ether oxygens (including phenoxy) is 3. The lowest BCUT2D eigenvalue weighted by Gasteiger charge is -2.19. The van der Waals surface area contributed by atoms with Crippen LogP contribution in [0.15, 0.2) is 83.1 Å². The summed E-state index contributed by atoms with van der Waals surface area (Å²) in [6, 6.07) is 16.3. The molecular formula is C32H34FN3O8S2. The van der Waals surface area contributed by atoms with E-state index in [0.717, 1.165) is 34.3 Å². The zero-order valence-corrected chi connectivity index (χ0v) is 26.5. The fourth-order valence-electron chi connectivity index (χ4n) is 5.09. The molecule has 2 aliphatic rings. The number of aliphatic hydroxyl groups is 2. The molecule has 11 nitrogen and oxygen atoms in total. The van der Waals surface area contributed by atoms with Crippen molar-refractivity contribution < 1.29 is 38.4 Å². The SMILES string of the molecule is C[C@H]1SCSC1CCc1ccc(COC(=O)Nc2ccn([C@@H]3C(F)=C(COC(=O)OCc4ccccc4)[C@H](O)[C@@H]3O)c(=O)n2)cc1. The maximum Gasteiger partial charge on any atom is 0.508 e. The zero-order valence-electron chi connectivity index (χ0n) is 24.9. The Bertz CT molecular complexity index is 1600. The summed E-state index contributed by atoms with van der Waals surface area (Å²) in [6.07, 6.45) is -2.25.